The maximum Gasteiger partial charge on any atom is 0.128 e. The predicted octanol–water partition coefficient (Wildman–Crippen LogP) is 2.30. The number of anilines is 2. The Morgan fingerprint density at radius 1 is 1.62 bits per heavy atom. The van der Waals surface area contributed by atoms with Gasteiger partial charge in [-0.1, -0.05) is 6.92 Å². The quantitative estimate of drug-likeness (QED) is 0.857. The van der Waals surface area contributed by atoms with Gasteiger partial charge >= 0.3 is 0 Å². The average Bonchev–Trinajstić information content (AvgIpc) is 2.33. The lowest BCUT2D eigenvalue weighted by molar-refractivity contribution is 0.720. The van der Waals surface area contributed by atoms with E-state index in [1.807, 2.05) is 6.92 Å². The van der Waals surface area contributed by atoms with Crippen molar-refractivity contribution in [1.29, 1.82) is 0 Å². The molecule has 1 aromatic rings. The van der Waals surface area contributed by atoms with Crippen LogP contribution in [0.5, 0.6) is 0 Å². The fourth-order valence-corrected chi connectivity index (χ4v) is 3.08. The van der Waals surface area contributed by atoms with E-state index in [4.69, 9.17) is 5.73 Å². The molecule has 4 heteroatoms. The lowest BCUT2D eigenvalue weighted by Crippen LogP contribution is -2.38. The van der Waals surface area contributed by atoms with Gasteiger partial charge in [-0.2, -0.15) is 11.8 Å². The van der Waals surface area contributed by atoms with E-state index in [1.54, 1.807) is 6.20 Å². The van der Waals surface area contributed by atoms with E-state index in [1.165, 1.54) is 12.2 Å². The van der Waals surface area contributed by atoms with Crippen LogP contribution < -0.4 is 10.6 Å². The summed E-state index contributed by atoms with van der Waals surface area (Å²) in [7, 11) is 0. The largest absolute Gasteiger partial charge is 0.397 e. The molecule has 1 atom stereocenters. The van der Waals surface area contributed by atoms with Crippen LogP contribution in [0.3, 0.4) is 0 Å². The predicted molar refractivity (Wildman–Crippen MR) is 72.1 cm³/mol. The summed E-state index contributed by atoms with van der Waals surface area (Å²) in [5.41, 5.74) is 7.69. The average molecular weight is 237 g/mol. The minimum atomic E-state index is 0.744. The van der Waals surface area contributed by atoms with E-state index in [-0.39, 0.29) is 0 Å². The molecule has 0 bridgehead atoms. The molecule has 1 aliphatic rings. The van der Waals surface area contributed by atoms with Gasteiger partial charge in [0.2, 0.25) is 0 Å². The second-order valence-electron chi connectivity index (χ2n) is 4.25. The molecule has 1 unspecified atom stereocenters. The first-order valence-electron chi connectivity index (χ1n) is 5.79. The molecule has 0 saturated carbocycles. The molecule has 88 valence electrons. The van der Waals surface area contributed by atoms with E-state index in [2.05, 4.69) is 34.6 Å². The SMILES string of the molecule is CCC1CN(c2cc(C)c(N)cn2)CCS1. The minimum absolute atomic E-state index is 0.744. The zero-order chi connectivity index (χ0) is 11.5. The third kappa shape index (κ3) is 2.43. The molecule has 3 nitrogen and oxygen atoms in total. The fraction of sp³-hybridized carbons (Fsp3) is 0.583. The molecule has 0 amide bonds. The lowest BCUT2D eigenvalue weighted by atomic mass is 10.2. The van der Waals surface area contributed by atoms with Crippen LogP contribution in [0.1, 0.15) is 18.9 Å². The Kier molecular flexibility index (Phi) is 3.59. The van der Waals surface area contributed by atoms with Gasteiger partial charge in [0.15, 0.2) is 0 Å². The molecule has 1 aromatic heterocycles. The topological polar surface area (TPSA) is 42.1 Å². The Morgan fingerprint density at radius 3 is 3.12 bits per heavy atom. The molecule has 2 heterocycles. The number of aromatic nitrogens is 1. The number of rotatable bonds is 2. The Labute approximate surface area is 101 Å². The molecular weight excluding hydrogens is 218 g/mol. The van der Waals surface area contributed by atoms with Crippen LogP contribution >= 0.6 is 11.8 Å². The molecule has 1 fully saturated rings. The van der Waals surface area contributed by atoms with E-state index in [0.29, 0.717) is 0 Å². The van der Waals surface area contributed by atoms with Crippen LogP contribution in [-0.2, 0) is 0 Å². The summed E-state index contributed by atoms with van der Waals surface area (Å²) in [6.07, 6.45) is 3.00. The number of nitrogen functional groups attached to an aromatic ring is 1. The molecule has 16 heavy (non-hydrogen) atoms. The van der Waals surface area contributed by atoms with Crippen LogP contribution in [0.15, 0.2) is 12.3 Å². The Balaban J connectivity index is 2.13. The number of nitrogens with zero attached hydrogens (tertiary/aromatic N) is 2. The second kappa shape index (κ2) is 4.95. The van der Waals surface area contributed by atoms with Gasteiger partial charge in [-0.15, -0.1) is 0 Å². The first kappa shape index (κ1) is 11.6. The van der Waals surface area contributed by atoms with Crippen molar-refractivity contribution >= 4 is 23.3 Å². The molecular formula is C12H19N3S. The van der Waals surface area contributed by atoms with Crippen LogP contribution in [0.25, 0.3) is 0 Å². The molecule has 1 aliphatic heterocycles. The standard InChI is InChI=1S/C12H19N3S/c1-3-10-8-15(4-5-16-10)12-6-9(2)11(13)7-14-12/h6-7,10H,3-5,8,13H2,1-2H3. The van der Waals surface area contributed by atoms with Crippen molar-refractivity contribution in [3.05, 3.63) is 17.8 Å². The number of hydrogen-bond acceptors (Lipinski definition) is 4. The highest BCUT2D eigenvalue weighted by molar-refractivity contribution is 8.00. The minimum Gasteiger partial charge on any atom is -0.397 e. The Hall–Kier alpha value is -0.900. The summed E-state index contributed by atoms with van der Waals surface area (Å²) < 4.78 is 0. The summed E-state index contributed by atoms with van der Waals surface area (Å²) >= 11 is 2.07. The van der Waals surface area contributed by atoms with E-state index >= 15 is 0 Å². The number of thioether (sulfide) groups is 1. The summed E-state index contributed by atoms with van der Waals surface area (Å²) in [4.78, 5) is 6.80. The van der Waals surface area contributed by atoms with Crippen molar-refractivity contribution < 1.29 is 0 Å². The van der Waals surface area contributed by atoms with Gasteiger partial charge in [0.25, 0.3) is 0 Å². The van der Waals surface area contributed by atoms with Crippen LogP contribution in [0.4, 0.5) is 11.5 Å². The number of aryl methyl sites for hydroxylation is 1. The van der Waals surface area contributed by atoms with Crippen molar-refractivity contribution in [3.63, 3.8) is 0 Å². The van der Waals surface area contributed by atoms with Crippen LogP contribution in [0.2, 0.25) is 0 Å². The fourth-order valence-electron chi connectivity index (χ4n) is 1.90. The van der Waals surface area contributed by atoms with Crippen molar-refractivity contribution in [2.75, 3.05) is 29.5 Å². The van der Waals surface area contributed by atoms with Crippen molar-refractivity contribution in [3.8, 4) is 0 Å². The molecule has 2 rings (SSSR count). The number of nitrogens with two attached hydrogens (primary N) is 1. The smallest absolute Gasteiger partial charge is 0.128 e. The maximum absolute atomic E-state index is 5.79. The Morgan fingerprint density at radius 2 is 2.44 bits per heavy atom. The molecule has 0 aliphatic carbocycles. The van der Waals surface area contributed by atoms with E-state index < -0.39 is 0 Å². The van der Waals surface area contributed by atoms with Crippen molar-refractivity contribution in [2.45, 2.75) is 25.5 Å². The maximum atomic E-state index is 5.79. The molecule has 2 N–H and O–H groups in total. The number of pyridine rings is 1. The molecule has 1 saturated heterocycles. The lowest BCUT2D eigenvalue weighted by Gasteiger charge is -2.33. The van der Waals surface area contributed by atoms with Crippen LogP contribution in [-0.4, -0.2) is 29.1 Å². The summed E-state index contributed by atoms with van der Waals surface area (Å²) in [5, 5.41) is 0.744. The third-order valence-electron chi connectivity index (χ3n) is 3.05. The second-order valence-corrected chi connectivity index (χ2v) is 5.65. The van der Waals surface area contributed by atoms with E-state index in [9.17, 15) is 0 Å². The molecule has 0 spiro atoms. The Bertz CT molecular complexity index is 367. The highest BCUT2D eigenvalue weighted by Crippen LogP contribution is 2.25. The van der Waals surface area contributed by atoms with Gasteiger partial charge in [0.1, 0.15) is 5.82 Å². The highest BCUT2D eigenvalue weighted by atomic mass is 32.2. The third-order valence-corrected chi connectivity index (χ3v) is 4.43. The van der Waals surface area contributed by atoms with Gasteiger partial charge in [0, 0.05) is 24.1 Å². The molecule has 0 aromatic carbocycles. The van der Waals surface area contributed by atoms with Gasteiger partial charge in [-0.25, -0.2) is 4.98 Å². The summed E-state index contributed by atoms with van der Waals surface area (Å²) in [6, 6.07) is 2.10. The molecule has 0 radical (unpaired) electrons. The summed E-state index contributed by atoms with van der Waals surface area (Å²) in [6.45, 7) is 6.49. The zero-order valence-electron chi connectivity index (χ0n) is 9.94. The van der Waals surface area contributed by atoms with Crippen LogP contribution in [0, 0.1) is 6.92 Å². The first-order chi connectivity index (χ1) is 7.70. The number of hydrogen-bond donors (Lipinski definition) is 1. The van der Waals surface area contributed by atoms with Crippen molar-refractivity contribution in [1.82, 2.24) is 4.98 Å². The van der Waals surface area contributed by atoms with Crippen molar-refractivity contribution in [2.24, 2.45) is 0 Å². The van der Waals surface area contributed by atoms with Gasteiger partial charge in [-0.3, -0.25) is 0 Å². The summed E-state index contributed by atoms with van der Waals surface area (Å²) in [5.74, 6) is 2.27. The first-order valence-corrected chi connectivity index (χ1v) is 6.84. The van der Waals surface area contributed by atoms with Gasteiger partial charge in [-0.05, 0) is 25.0 Å². The van der Waals surface area contributed by atoms with Gasteiger partial charge in [0.05, 0.1) is 11.9 Å². The van der Waals surface area contributed by atoms with E-state index in [0.717, 1.165) is 35.4 Å². The monoisotopic (exact) mass is 237 g/mol. The highest BCUT2D eigenvalue weighted by Gasteiger charge is 2.20. The zero-order valence-corrected chi connectivity index (χ0v) is 10.8. The van der Waals surface area contributed by atoms with Gasteiger partial charge < -0.3 is 10.6 Å². The normalized spacial score (nSPS) is 21.1.